The first-order chi connectivity index (χ1) is 11.7. The molecule has 25 heavy (non-hydrogen) atoms. The van der Waals surface area contributed by atoms with Crippen molar-refractivity contribution in [1.82, 2.24) is 4.98 Å². The third-order valence-corrected chi connectivity index (χ3v) is 3.98. The van der Waals surface area contributed by atoms with E-state index in [0.717, 1.165) is 0 Å². The summed E-state index contributed by atoms with van der Waals surface area (Å²) in [5, 5.41) is 0. The van der Waals surface area contributed by atoms with Crippen LogP contribution < -0.4 is 0 Å². The number of hydrogen-bond acceptors (Lipinski definition) is 4. The Bertz CT molecular complexity index is 821. The molecule has 5 nitrogen and oxygen atoms in total. The van der Waals surface area contributed by atoms with Crippen molar-refractivity contribution in [2.75, 3.05) is 0 Å². The van der Waals surface area contributed by atoms with Gasteiger partial charge in [-0.3, -0.25) is 14.4 Å². The second-order valence-electron chi connectivity index (χ2n) is 5.98. The number of halogens is 1. The lowest BCUT2D eigenvalue weighted by Gasteiger charge is -2.12. The van der Waals surface area contributed by atoms with E-state index in [0.29, 0.717) is 22.4 Å². The molecule has 2 aromatic rings. The Hall–Kier alpha value is -2.76. The van der Waals surface area contributed by atoms with Gasteiger partial charge in [0.05, 0.1) is 12.1 Å². The predicted molar refractivity (Wildman–Crippen MR) is 90.3 cm³/mol. The van der Waals surface area contributed by atoms with Crippen molar-refractivity contribution < 1.29 is 23.5 Å². The zero-order chi connectivity index (χ0) is 18.7. The van der Waals surface area contributed by atoms with Crippen LogP contribution in [0.15, 0.2) is 24.3 Å². The molecule has 0 saturated carbocycles. The molecule has 0 aliphatic heterocycles. The maximum absolute atomic E-state index is 12.9. The van der Waals surface area contributed by atoms with Crippen molar-refractivity contribution in [1.29, 1.82) is 0 Å². The summed E-state index contributed by atoms with van der Waals surface area (Å²) in [5.74, 6) is -1.51. The van der Waals surface area contributed by atoms with Crippen molar-refractivity contribution in [3.63, 3.8) is 0 Å². The van der Waals surface area contributed by atoms with Crippen LogP contribution in [-0.4, -0.2) is 28.6 Å². The maximum Gasteiger partial charge on any atom is 0.310 e. The number of ketones is 2. The summed E-state index contributed by atoms with van der Waals surface area (Å²) in [6.07, 6.45) is -1.05. The van der Waals surface area contributed by atoms with E-state index in [2.05, 4.69) is 4.98 Å². The van der Waals surface area contributed by atoms with E-state index in [-0.39, 0.29) is 23.7 Å². The molecule has 0 unspecified atom stereocenters. The number of hydrogen-bond donors (Lipinski definition) is 1. The summed E-state index contributed by atoms with van der Waals surface area (Å²) in [6.45, 7) is 6.31. The fraction of sp³-hybridized carbons (Fsp3) is 0.316. The molecule has 0 fully saturated rings. The molecule has 0 amide bonds. The highest BCUT2D eigenvalue weighted by molar-refractivity contribution is 6.05. The first-order valence-corrected chi connectivity index (χ1v) is 7.89. The summed E-state index contributed by atoms with van der Waals surface area (Å²) >= 11 is 0. The van der Waals surface area contributed by atoms with Crippen LogP contribution in [0.1, 0.15) is 51.5 Å². The molecule has 1 heterocycles. The van der Waals surface area contributed by atoms with Crippen LogP contribution in [0, 0.1) is 19.7 Å². The minimum absolute atomic E-state index is 0.0562. The number of carbonyl (C=O) groups excluding carboxylic acids is 3. The quantitative estimate of drug-likeness (QED) is 0.643. The van der Waals surface area contributed by atoms with Crippen LogP contribution in [0.2, 0.25) is 0 Å². The van der Waals surface area contributed by atoms with Crippen molar-refractivity contribution in [3.8, 4) is 0 Å². The average molecular weight is 345 g/mol. The summed E-state index contributed by atoms with van der Waals surface area (Å²) in [7, 11) is 0. The summed E-state index contributed by atoms with van der Waals surface area (Å²) in [4.78, 5) is 39.0. The van der Waals surface area contributed by atoms with E-state index in [1.165, 1.54) is 38.1 Å². The fourth-order valence-corrected chi connectivity index (χ4v) is 2.79. The number of esters is 1. The molecule has 1 atom stereocenters. The van der Waals surface area contributed by atoms with Gasteiger partial charge in [0.1, 0.15) is 5.82 Å². The van der Waals surface area contributed by atoms with E-state index in [1.54, 1.807) is 13.8 Å². The second kappa shape index (κ2) is 7.42. The van der Waals surface area contributed by atoms with Crippen molar-refractivity contribution in [2.24, 2.45) is 0 Å². The highest BCUT2D eigenvalue weighted by atomic mass is 19.1. The lowest BCUT2D eigenvalue weighted by atomic mass is 10.0. The Balaban J connectivity index is 2.07. The van der Waals surface area contributed by atoms with Gasteiger partial charge in [0.25, 0.3) is 0 Å². The van der Waals surface area contributed by atoms with Gasteiger partial charge in [-0.2, -0.15) is 0 Å². The van der Waals surface area contributed by atoms with Crippen molar-refractivity contribution in [3.05, 3.63) is 58.2 Å². The van der Waals surface area contributed by atoms with Gasteiger partial charge in [0, 0.05) is 11.3 Å². The third-order valence-electron chi connectivity index (χ3n) is 3.98. The molecule has 0 saturated heterocycles. The minimum Gasteiger partial charge on any atom is -0.454 e. The Morgan fingerprint density at radius 3 is 2.28 bits per heavy atom. The molecule has 1 N–H and O–H groups in total. The monoisotopic (exact) mass is 345 g/mol. The van der Waals surface area contributed by atoms with Crippen LogP contribution in [-0.2, 0) is 16.0 Å². The molecule has 1 aromatic carbocycles. The molecule has 0 aliphatic carbocycles. The van der Waals surface area contributed by atoms with Crippen LogP contribution in [0.5, 0.6) is 0 Å². The minimum atomic E-state index is -0.996. The SMILES string of the molecule is CC(=O)c1c(C)[nH]c(C(=O)[C@@H](C)OC(=O)Cc2ccc(F)cc2)c1C. The van der Waals surface area contributed by atoms with Gasteiger partial charge < -0.3 is 9.72 Å². The van der Waals surface area contributed by atoms with Crippen molar-refractivity contribution in [2.45, 2.75) is 40.2 Å². The van der Waals surface area contributed by atoms with Crippen LogP contribution in [0.25, 0.3) is 0 Å². The summed E-state index contributed by atoms with van der Waals surface area (Å²) in [6, 6.07) is 5.48. The number of aromatic nitrogens is 1. The number of aryl methyl sites for hydroxylation is 1. The first kappa shape index (κ1) is 18.6. The number of nitrogens with one attached hydrogen (secondary N) is 1. The van der Waals surface area contributed by atoms with Crippen LogP contribution in [0.4, 0.5) is 4.39 Å². The highest BCUT2D eigenvalue weighted by Gasteiger charge is 2.25. The largest absolute Gasteiger partial charge is 0.454 e. The van der Waals surface area contributed by atoms with Crippen molar-refractivity contribution >= 4 is 17.5 Å². The van der Waals surface area contributed by atoms with E-state index in [1.807, 2.05) is 0 Å². The standard InChI is InChI=1S/C19H20FNO4/c1-10-17(12(3)22)11(2)21-18(10)19(24)13(4)25-16(23)9-14-5-7-15(20)8-6-14/h5-8,13,21H,9H2,1-4H3/t13-/m1/s1. The summed E-state index contributed by atoms with van der Waals surface area (Å²) in [5.41, 5.74) is 2.50. The van der Waals surface area contributed by atoms with E-state index < -0.39 is 17.9 Å². The lowest BCUT2D eigenvalue weighted by molar-refractivity contribution is -0.145. The number of ether oxygens (including phenoxy) is 1. The molecule has 0 bridgehead atoms. The van der Waals surface area contributed by atoms with Gasteiger partial charge in [-0.1, -0.05) is 12.1 Å². The molecule has 1 aromatic heterocycles. The normalized spacial score (nSPS) is 11.9. The maximum atomic E-state index is 12.9. The van der Waals surface area contributed by atoms with E-state index >= 15 is 0 Å². The number of carbonyl (C=O) groups is 3. The Morgan fingerprint density at radius 2 is 1.76 bits per heavy atom. The number of aromatic amines is 1. The van der Waals surface area contributed by atoms with Gasteiger partial charge in [-0.25, -0.2) is 4.39 Å². The zero-order valence-corrected chi connectivity index (χ0v) is 14.6. The van der Waals surface area contributed by atoms with E-state index in [4.69, 9.17) is 4.74 Å². The lowest BCUT2D eigenvalue weighted by Crippen LogP contribution is -2.26. The number of benzene rings is 1. The predicted octanol–water partition coefficient (Wildman–Crippen LogP) is 3.33. The number of rotatable bonds is 6. The van der Waals surface area contributed by atoms with Crippen LogP contribution in [0.3, 0.4) is 0 Å². The number of Topliss-reactive ketones (excluding diaryl/α,β-unsaturated/α-hetero) is 2. The molecular weight excluding hydrogens is 325 g/mol. The van der Waals surface area contributed by atoms with Gasteiger partial charge in [-0.15, -0.1) is 0 Å². The molecular formula is C19H20FNO4. The smallest absolute Gasteiger partial charge is 0.310 e. The van der Waals surface area contributed by atoms with Gasteiger partial charge >= 0.3 is 5.97 Å². The Morgan fingerprint density at radius 1 is 1.16 bits per heavy atom. The van der Waals surface area contributed by atoms with Gasteiger partial charge in [0.15, 0.2) is 11.9 Å². The topological polar surface area (TPSA) is 76.2 Å². The van der Waals surface area contributed by atoms with Gasteiger partial charge in [0.2, 0.25) is 5.78 Å². The molecule has 2 rings (SSSR count). The second-order valence-corrected chi connectivity index (χ2v) is 5.98. The summed E-state index contributed by atoms with van der Waals surface area (Å²) < 4.78 is 18.0. The number of H-pyrrole nitrogens is 1. The van der Waals surface area contributed by atoms with Crippen LogP contribution >= 0.6 is 0 Å². The van der Waals surface area contributed by atoms with Gasteiger partial charge in [-0.05, 0) is 51.0 Å². The molecule has 132 valence electrons. The highest BCUT2D eigenvalue weighted by Crippen LogP contribution is 2.20. The average Bonchev–Trinajstić information content (AvgIpc) is 2.83. The third kappa shape index (κ3) is 4.21. The molecule has 6 heteroatoms. The fourth-order valence-electron chi connectivity index (χ4n) is 2.79. The molecule has 0 aliphatic rings. The first-order valence-electron chi connectivity index (χ1n) is 7.89. The Kier molecular flexibility index (Phi) is 5.51. The Labute approximate surface area is 145 Å². The zero-order valence-electron chi connectivity index (χ0n) is 14.6. The molecule has 0 spiro atoms. The van der Waals surface area contributed by atoms with E-state index in [9.17, 15) is 18.8 Å². The molecule has 0 radical (unpaired) electrons.